The molecule has 172 valence electrons. The Kier molecular flexibility index (Phi) is 6.58. The molecule has 0 aliphatic carbocycles. The van der Waals surface area contributed by atoms with E-state index in [0.717, 1.165) is 40.8 Å². The maximum Gasteiger partial charge on any atom is 0.416 e. The second-order valence-electron chi connectivity index (χ2n) is 7.67. The molecule has 2 heterocycles. The van der Waals surface area contributed by atoms with E-state index >= 15 is 0 Å². The normalized spacial score (nSPS) is 13.1. The molecule has 0 saturated carbocycles. The van der Waals surface area contributed by atoms with Crippen LogP contribution in [0.1, 0.15) is 22.4 Å². The summed E-state index contributed by atoms with van der Waals surface area (Å²) in [6, 6.07) is 10.2. The van der Waals surface area contributed by atoms with E-state index in [1.54, 1.807) is 0 Å². The van der Waals surface area contributed by atoms with Crippen LogP contribution < -0.4 is 10.9 Å². The minimum Gasteiger partial charge on any atom is -0.325 e. The van der Waals surface area contributed by atoms with Crippen LogP contribution in [0.3, 0.4) is 0 Å². The molecule has 1 amide bonds. The van der Waals surface area contributed by atoms with Crippen molar-refractivity contribution in [3.8, 4) is 5.69 Å². The number of benzene rings is 2. The molecular formula is C23H20F3N3O2S2. The van der Waals surface area contributed by atoms with Gasteiger partial charge in [0.2, 0.25) is 5.91 Å². The van der Waals surface area contributed by atoms with Gasteiger partial charge in [0, 0.05) is 17.9 Å². The van der Waals surface area contributed by atoms with Gasteiger partial charge < -0.3 is 5.32 Å². The first kappa shape index (κ1) is 23.4. The number of carbonyl (C=O) groups excluding carboxylic acids is 1. The predicted molar refractivity (Wildman–Crippen MR) is 125 cm³/mol. The highest BCUT2D eigenvalue weighted by Gasteiger charge is 2.30. The summed E-state index contributed by atoms with van der Waals surface area (Å²) >= 11 is 2.55. The molecule has 4 rings (SSSR count). The highest BCUT2D eigenvalue weighted by molar-refractivity contribution is 8.00. The predicted octanol–water partition coefficient (Wildman–Crippen LogP) is 5.25. The number of anilines is 1. The lowest BCUT2D eigenvalue weighted by atomic mass is 10.1. The first-order chi connectivity index (χ1) is 15.6. The summed E-state index contributed by atoms with van der Waals surface area (Å²) in [6.07, 6.45) is -3.82. The fourth-order valence-corrected chi connectivity index (χ4v) is 5.45. The largest absolute Gasteiger partial charge is 0.416 e. The van der Waals surface area contributed by atoms with E-state index in [1.165, 1.54) is 28.5 Å². The van der Waals surface area contributed by atoms with Gasteiger partial charge in [0.25, 0.3) is 5.56 Å². The first-order valence-electron chi connectivity index (χ1n) is 10.1. The van der Waals surface area contributed by atoms with Crippen LogP contribution in [0.5, 0.6) is 0 Å². The van der Waals surface area contributed by atoms with Crippen LogP contribution in [0.15, 0.2) is 57.3 Å². The summed E-state index contributed by atoms with van der Waals surface area (Å²) in [5.74, 6) is 0.170. The fourth-order valence-electron chi connectivity index (χ4n) is 3.60. The van der Waals surface area contributed by atoms with E-state index in [2.05, 4.69) is 10.3 Å². The Morgan fingerprint density at radius 2 is 1.91 bits per heavy atom. The number of aromatic nitrogens is 2. The molecule has 2 aromatic carbocycles. The number of thioether (sulfide) groups is 2. The molecule has 3 aromatic rings. The molecule has 0 spiro atoms. The smallest absolute Gasteiger partial charge is 0.325 e. The summed E-state index contributed by atoms with van der Waals surface area (Å²) < 4.78 is 40.3. The van der Waals surface area contributed by atoms with E-state index in [9.17, 15) is 22.8 Å². The zero-order chi connectivity index (χ0) is 23.8. The van der Waals surface area contributed by atoms with Crippen LogP contribution in [0.2, 0.25) is 0 Å². The Morgan fingerprint density at radius 3 is 2.61 bits per heavy atom. The van der Waals surface area contributed by atoms with Crippen molar-refractivity contribution in [3.05, 3.63) is 75.2 Å². The van der Waals surface area contributed by atoms with Gasteiger partial charge in [0.05, 0.1) is 27.6 Å². The van der Waals surface area contributed by atoms with E-state index in [0.29, 0.717) is 27.9 Å². The molecule has 0 bridgehead atoms. The molecule has 1 N–H and O–H groups in total. The first-order valence-corrected chi connectivity index (χ1v) is 12.1. The van der Waals surface area contributed by atoms with Crippen molar-refractivity contribution < 1.29 is 18.0 Å². The van der Waals surface area contributed by atoms with E-state index in [4.69, 9.17) is 0 Å². The van der Waals surface area contributed by atoms with Gasteiger partial charge in [-0.15, -0.1) is 11.8 Å². The van der Waals surface area contributed by atoms with Gasteiger partial charge in [-0.1, -0.05) is 23.9 Å². The maximum atomic E-state index is 13.3. The Labute approximate surface area is 196 Å². The van der Waals surface area contributed by atoms with Gasteiger partial charge in [0.1, 0.15) is 0 Å². The van der Waals surface area contributed by atoms with Crippen molar-refractivity contribution in [2.24, 2.45) is 0 Å². The average molecular weight is 492 g/mol. The van der Waals surface area contributed by atoms with Crippen molar-refractivity contribution in [1.29, 1.82) is 0 Å². The van der Waals surface area contributed by atoms with Crippen LogP contribution in [0, 0.1) is 13.8 Å². The number of hydrogen-bond acceptors (Lipinski definition) is 5. The third-order valence-corrected chi connectivity index (χ3v) is 6.98. The van der Waals surface area contributed by atoms with Gasteiger partial charge in [-0.3, -0.25) is 14.2 Å². The van der Waals surface area contributed by atoms with Crippen molar-refractivity contribution in [2.75, 3.05) is 16.8 Å². The van der Waals surface area contributed by atoms with Crippen molar-refractivity contribution in [1.82, 2.24) is 9.55 Å². The van der Waals surface area contributed by atoms with Crippen molar-refractivity contribution >= 4 is 35.1 Å². The quantitative estimate of drug-likeness (QED) is 0.390. The number of fused-ring (bicyclic) bond motifs is 1. The second-order valence-corrected chi connectivity index (χ2v) is 9.72. The van der Waals surface area contributed by atoms with E-state index in [1.807, 2.05) is 32.0 Å². The summed E-state index contributed by atoms with van der Waals surface area (Å²) in [6.45, 7) is 3.87. The number of rotatable bonds is 5. The third-order valence-electron chi connectivity index (χ3n) is 4.94. The molecule has 1 aliphatic rings. The average Bonchev–Trinajstić information content (AvgIpc) is 3.20. The highest BCUT2D eigenvalue weighted by atomic mass is 32.2. The summed E-state index contributed by atoms with van der Waals surface area (Å²) in [5, 5.41) is 2.87. The van der Waals surface area contributed by atoms with Gasteiger partial charge >= 0.3 is 6.18 Å². The number of nitrogens with one attached hydrogen (secondary N) is 1. The fraction of sp³-hybridized carbons (Fsp3) is 0.261. The lowest BCUT2D eigenvalue weighted by Gasteiger charge is -2.15. The molecule has 5 nitrogen and oxygen atoms in total. The number of alkyl halides is 3. The molecule has 33 heavy (non-hydrogen) atoms. The Morgan fingerprint density at radius 1 is 1.18 bits per heavy atom. The summed E-state index contributed by atoms with van der Waals surface area (Å²) in [5.41, 5.74) is 2.40. The molecule has 10 heteroatoms. The number of hydrogen-bond donors (Lipinski definition) is 1. The summed E-state index contributed by atoms with van der Waals surface area (Å²) in [7, 11) is 0. The monoisotopic (exact) mass is 491 g/mol. The number of carbonyl (C=O) groups is 1. The molecule has 1 aliphatic heterocycles. The van der Waals surface area contributed by atoms with Crippen LogP contribution >= 0.6 is 23.5 Å². The summed E-state index contributed by atoms with van der Waals surface area (Å²) in [4.78, 5) is 31.0. The third kappa shape index (κ3) is 5.27. The van der Waals surface area contributed by atoms with Crippen LogP contribution in [0.25, 0.3) is 5.69 Å². The van der Waals surface area contributed by atoms with E-state index in [-0.39, 0.29) is 17.0 Å². The number of aryl methyl sites for hydroxylation is 3. The SMILES string of the molecule is Cc1cc(C)cc(-n2c(SCC(=O)Nc3cccc(C(F)(F)F)c3)nc3c(c2=O)SCC3)c1. The van der Waals surface area contributed by atoms with Crippen LogP contribution in [0.4, 0.5) is 18.9 Å². The van der Waals surface area contributed by atoms with Gasteiger partial charge in [0.15, 0.2) is 5.16 Å². The molecule has 0 atom stereocenters. The highest BCUT2D eigenvalue weighted by Crippen LogP contribution is 2.32. The van der Waals surface area contributed by atoms with Gasteiger partial charge in [-0.05, 0) is 55.3 Å². The molecule has 0 fully saturated rings. The molecule has 1 aromatic heterocycles. The van der Waals surface area contributed by atoms with E-state index < -0.39 is 17.6 Å². The lowest BCUT2D eigenvalue weighted by molar-refractivity contribution is -0.137. The van der Waals surface area contributed by atoms with Crippen molar-refractivity contribution in [3.63, 3.8) is 0 Å². The Bertz CT molecular complexity index is 1270. The molecular weight excluding hydrogens is 471 g/mol. The number of halogens is 3. The Balaban J connectivity index is 1.60. The minimum atomic E-state index is -4.50. The van der Waals surface area contributed by atoms with Gasteiger partial charge in [-0.25, -0.2) is 4.98 Å². The van der Waals surface area contributed by atoms with Crippen LogP contribution in [-0.2, 0) is 17.4 Å². The number of nitrogens with zero attached hydrogens (tertiary/aromatic N) is 2. The Hall–Kier alpha value is -2.72. The lowest BCUT2D eigenvalue weighted by Crippen LogP contribution is -2.25. The zero-order valence-electron chi connectivity index (χ0n) is 17.8. The standard InChI is InChI=1S/C23H20F3N3O2S2/c1-13-8-14(2)10-17(9-13)29-21(31)20-18(6-7-32-20)28-22(29)33-12-19(30)27-16-5-3-4-15(11-16)23(24,25)26/h3-5,8-11H,6-7,12H2,1-2H3,(H,27,30). The van der Waals surface area contributed by atoms with Gasteiger partial charge in [-0.2, -0.15) is 13.2 Å². The second kappa shape index (κ2) is 9.26. The topological polar surface area (TPSA) is 64.0 Å². The molecule has 0 saturated heterocycles. The van der Waals surface area contributed by atoms with Crippen LogP contribution in [-0.4, -0.2) is 27.0 Å². The molecule has 0 unspecified atom stereocenters. The zero-order valence-corrected chi connectivity index (χ0v) is 19.5. The number of amides is 1. The maximum absolute atomic E-state index is 13.3. The minimum absolute atomic E-state index is 0.0560. The molecule has 0 radical (unpaired) electrons. The van der Waals surface area contributed by atoms with Crippen molar-refractivity contribution in [2.45, 2.75) is 36.5 Å².